The molecule has 3 amide bonds. The van der Waals surface area contributed by atoms with Crippen LogP contribution in [0.15, 0.2) is 30.5 Å². The number of carbonyl (C=O) groups is 3. The van der Waals surface area contributed by atoms with Gasteiger partial charge >= 0.3 is 0 Å². The van der Waals surface area contributed by atoms with Gasteiger partial charge in [0.15, 0.2) is 17.3 Å². The fourth-order valence-electron chi connectivity index (χ4n) is 4.54. The Morgan fingerprint density at radius 3 is 2.75 bits per heavy atom. The molecule has 0 spiro atoms. The fraction of sp³-hybridized carbons (Fsp3) is 0.407. The summed E-state index contributed by atoms with van der Waals surface area (Å²) in [6.45, 7) is -0.187. The molecule has 3 heterocycles. The second-order valence-corrected chi connectivity index (χ2v) is 10.9. The third-order valence-electron chi connectivity index (χ3n) is 6.81. The number of hydrogen-bond acceptors (Lipinski definition) is 10. The maximum Gasteiger partial charge on any atom is 0.273 e. The number of carbonyl (C=O) groups excluding carboxylic acids is 3. The predicted molar refractivity (Wildman–Crippen MR) is 152 cm³/mol. The fourth-order valence-corrected chi connectivity index (χ4v) is 5.39. The van der Waals surface area contributed by atoms with Gasteiger partial charge in [-0.3, -0.25) is 14.4 Å². The lowest BCUT2D eigenvalue weighted by Gasteiger charge is -2.16. The second-order valence-electron chi connectivity index (χ2n) is 9.88. The van der Waals surface area contributed by atoms with Gasteiger partial charge < -0.3 is 30.9 Å². The van der Waals surface area contributed by atoms with Gasteiger partial charge in [0.2, 0.25) is 5.91 Å². The first-order chi connectivity index (χ1) is 20.5. The van der Waals surface area contributed by atoms with Gasteiger partial charge in [-0.15, -0.1) is 21.5 Å². The standard InChI is InChI=1S/C27H32N8O4S/c1-28-26(38)22-19(11-21(33-34-22)32-24(36)16-7-8-16)31-18-6-4-5-17(23(18)39-3)27-30-13-20(40-27)25(37)29-12-15-9-10-35(2)14-15/h4-6,11,13,15-16H,7-10,12,14H2,1-3H3,(H,28,38)(H,29,37)(H2,31,32,33,36)/i1D3. The van der Waals surface area contributed by atoms with Crippen LogP contribution < -0.4 is 26.0 Å². The number of nitrogens with zero attached hydrogens (tertiary/aromatic N) is 4. The molecule has 5 rings (SSSR count). The average Bonchev–Trinajstić information content (AvgIpc) is 3.55. The molecule has 3 aromatic rings. The van der Waals surface area contributed by atoms with Crippen LogP contribution in [0.4, 0.5) is 17.2 Å². The first-order valence-electron chi connectivity index (χ1n) is 14.4. The minimum absolute atomic E-state index is 0.0926. The highest BCUT2D eigenvalue weighted by molar-refractivity contribution is 7.17. The SMILES string of the molecule is [2H]C([2H])([2H])NC(=O)c1nnc(NC(=O)C2CC2)cc1Nc1cccc(-c2ncc(C(=O)NCC3CCN(C)C3)s2)c1OC. The zero-order valence-electron chi connectivity index (χ0n) is 25.1. The van der Waals surface area contributed by atoms with Crippen molar-refractivity contribution < 1.29 is 23.2 Å². The van der Waals surface area contributed by atoms with Gasteiger partial charge in [0.05, 0.1) is 30.2 Å². The Labute approximate surface area is 240 Å². The molecule has 13 heteroatoms. The van der Waals surface area contributed by atoms with Crippen LogP contribution in [0.5, 0.6) is 5.75 Å². The van der Waals surface area contributed by atoms with Crippen LogP contribution in [-0.2, 0) is 4.79 Å². The second kappa shape index (κ2) is 12.0. The first kappa shape index (κ1) is 23.8. The van der Waals surface area contributed by atoms with Crippen molar-refractivity contribution >= 4 is 46.3 Å². The van der Waals surface area contributed by atoms with Crippen LogP contribution in [-0.4, -0.2) is 78.6 Å². The van der Waals surface area contributed by atoms with Crippen molar-refractivity contribution in [2.24, 2.45) is 11.8 Å². The summed E-state index contributed by atoms with van der Waals surface area (Å²) in [6, 6.07) is 6.62. The molecular formula is C27H32N8O4S. The molecule has 1 unspecified atom stereocenters. The van der Waals surface area contributed by atoms with Crippen molar-refractivity contribution in [3.05, 3.63) is 41.0 Å². The Morgan fingerprint density at radius 1 is 1.18 bits per heavy atom. The van der Waals surface area contributed by atoms with E-state index < -0.39 is 12.9 Å². The number of nitrogens with one attached hydrogen (secondary N) is 4. The Bertz CT molecular complexity index is 1530. The van der Waals surface area contributed by atoms with Gasteiger partial charge in [-0.25, -0.2) is 4.98 Å². The predicted octanol–water partition coefficient (Wildman–Crippen LogP) is 2.74. The van der Waals surface area contributed by atoms with Crippen molar-refractivity contribution in [2.45, 2.75) is 19.3 Å². The molecule has 1 atom stereocenters. The minimum atomic E-state index is -2.76. The number of ether oxygens (including phenoxy) is 1. The summed E-state index contributed by atoms with van der Waals surface area (Å²) in [5, 5.41) is 19.0. The largest absolute Gasteiger partial charge is 0.494 e. The smallest absolute Gasteiger partial charge is 0.273 e. The highest BCUT2D eigenvalue weighted by Crippen LogP contribution is 2.40. The molecule has 1 aromatic carbocycles. The highest BCUT2D eigenvalue weighted by atomic mass is 32.1. The van der Waals surface area contributed by atoms with Crippen LogP contribution in [0.25, 0.3) is 10.6 Å². The number of rotatable bonds is 10. The summed E-state index contributed by atoms with van der Waals surface area (Å²) in [5.74, 6) is -0.603. The van der Waals surface area contributed by atoms with E-state index in [1.165, 1.54) is 30.7 Å². The molecule has 210 valence electrons. The maximum atomic E-state index is 12.8. The number of hydrogen-bond donors (Lipinski definition) is 4. The van der Waals surface area contributed by atoms with Crippen molar-refractivity contribution in [2.75, 3.05) is 51.4 Å². The van der Waals surface area contributed by atoms with Crippen molar-refractivity contribution in [3.63, 3.8) is 0 Å². The lowest BCUT2D eigenvalue weighted by Crippen LogP contribution is -2.29. The number of para-hydroxylation sites is 1. The summed E-state index contributed by atoms with van der Waals surface area (Å²) in [5.41, 5.74) is 0.790. The van der Waals surface area contributed by atoms with Crippen LogP contribution in [0.2, 0.25) is 0 Å². The molecule has 0 radical (unpaired) electrons. The van der Waals surface area contributed by atoms with Crippen molar-refractivity contribution in [1.29, 1.82) is 0 Å². The van der Waals surface area contributed by atoms with E-state index in [0.717, 1.165) is 32.4 Å². The molecule has 2 aliphatic rings. The summed E-state index contributed by atoms with van der Waals surface area (Å²) < 4.78 is 27.9. The molecule has 1 saturated heterocycles. The van der Waals surface area contributed by atoms with E-state index in [4.69, 9.17) is 8.85 Å². The van der Waals surface area contributed by atoms with E-state index >= 15 is 0 Å². The van der Waals surface area contributed by atoms with Crippen LogP contribution >= 0.6 is 11.3 Å². The number of likely N-dealkylation sites (tertiary alicyclic amines) is 1. The summed E-state index contributed by atoms with van der Waals surface area (Å²) >= 11 is 1.22. The summed E-state index contributed by atoms with van der Waals surface area (Å²) in [6.07, 6.45) is 4.13. The van der Waals surface area contributed by atoms with Gasteiger partial charge in [-0.1, -0.05) is 6.07 Å². The number of aromatic nitrogens is 3. The number of anilines is 3. The topological polar surface area (TPSA) is 150 Å². The molecular weight excluding hydrogens is 532 g/mol. The Balaban J connectivity index is 1.39. The molecule has 1 aliphatic carbocycles. The van der Waals surface area contributed by atoms with E-state index in [0.29, 0.717) is 39.3 Å². The van der Waals surface area contributed by atoms with Gasteiger partial charge in [0.1, 0.15) is 9.88 Å². The molecule has 40 heavy (non-hydrogen) atoms. The lowest BCUT2D eigenvalue weighted by molar-refractivity contribution is -0.117. The third-order valence-corrected chi connectivity index (χ3v) is 7.84. The third kappa shape index (κ3) is 6.20. The van der Waals surface area contributed by atoms with E-state index in [1.807, 2.05) is 5.32 Å². The zero-order chi connectivity index (χ0) is 30.7. The Hall–Kier alpha value is -4.10. The number of methoxy groups -OCH3 is 1. The monoisotopic (exact) mass is 567 g/mol. The quantitative estimate of drug-likeness (QED) is 0.290. The van der Waals surface area contributed by atoms with Gasteiger partial charge in [0.25, 0.3) is 11.8 Å². The van der Waals surface area contributed by atoms with Gasteiger partial charge in [-0.2, -0.15) is 0 Å². The van der Waals surface area contributed by atoms with Crippen LogP contribution in [0.3, 0.4) is 0 Å². The minimum Gasteiger partial charge on any atom is -0.494 e. The highest BCUT2D eigenvalue weighted by Gasteiger charge is 2.30. The van der Waals surface area contributed by atoms with E-state index in [2.05, 4.69) is 43.1 Å². The molecule has 2 fully saturated rings. The first-order valence-corrected chi connectivity index (χ1v) is 13.7. The Morgan fingerprint density at radius 2 is 2.02 bits per heavy atom. The Kier molecular flexibility index (Phi) is 7.11. The van der Waals surface area contributed by atoms with E-state index in [9.17, 15) is 14.4 Å². The van der Waals surface area contributed by atoms with Crippen LogP contribution in [0.1, 0.15) is 43.5 Å². The van der Waals surface area contributed by atoms with Gasteiger partial charge in [0, 0.05) is 36.2 Å². The summed E-state index contributed by atoms with van der Waals surface area (Å²) in [7, 11) is 3.54. The van der Waals surface area contributed by atoms with E-state index in [-0.39, 0.29) is 34.9 Å². The number of amides is 3. The average molecular weight is 568 g/mol. The lowest BCUT2D eigenvalue weighted by atomic mass is 10.1. The van der Waals surface area contributed by atoms with Crippen molar-refractivity contribution in [1.82, 2.24) is 30.7 Å². The summed E-state index contributed by atoms with van der Waals surface area (Å²) in [4.78, 5) is 45.1. The van der Waals surface area contributed by atoms with E-state index in [1.54, 1.807) is 18.2 Å². The number of thiazole rings is 1. The zero-order valence-corrected chi connectivity index (χ0v) is 22.9. The molecule has 12 nitrogen and oxygen atoms in total. The normalized spacial score (nSPS) is 18.2. The van der Waals surface area contributed by atoms with Crippen LogP contribution in [0, 0.1) is 11.8 Å². The molecule has 4 N–H and O–H groups in total. The molecule has 1 aliphatic heterocycles. The van der Waals surface area contributed by atoms with Gasteiger partial charge in [-0.05, 0) is 50.9 Å². The molecule has 2 aromatic heterocycles. The molecule has 0 bridgehead atoms. The molecule has 1 saturated carbocycles. The van der Waals surface area contributed by atoms with Crippen molar-refractivity contribution in [3.8, 4) is 16.3 Å². The maximum absolute atomic E-state index is 12.8. The number of benzene rings is 1.